The Labute approximate surface area is 155 Å². The van der Waals surface area contributed by atoms with Gasteiger partial charge in [-0.05, 0) is 48.0 Å². The standard InChI is InChI=1S/C19H16ClN5O/c1-12(13-5-7-16(26)8-6-13)19-23-22-18-10-9-17(24-25(18)19)21-15-4-2-3-14(20)11-15/h2-12,26H,1H3,(H,21,24). The van der Waals surface area contributed by atoms with Gasteiger partial charge in [-0.15, -0.1) is 15.3 Å². The van der Waals surface area contributed by atoms with Gasteiger partial charge in [-0.2, -0.15) is 4.52 Å². The first-order valence-corrected chi connectivity index (χ1v) is 8.52. The fraction of sp³-hybridized carbons (Fsp3) is 0.105. The van der Waals surface area contributed by atoms with Crippen LogP contribution in [0.5, 0.6) is 5.75 Å². The number of hydrogen-bond donors (Lipinski definition) is 2. The van der Waals surface area contributed by atoms with Crippen molar-refractivity contribution in [1.82, 2.24) is 19.8 Å². The number of benzene rings is 2. The first-order chi connectivity index (χ1) is 12.6. The van der Waals surface area contributed by atoms with Gasteiger partial charge in [-0.25, -0.2) is 0 Å². The van der Waals surface area contributed by atoms with Gasteiger partial charge in [0.25, 0.3) is 0 Å². The molecule has 0 aliphatic heterocycles. The summed E-state index contributed by atoms with van der Waals surface area (Å²) in [6.07, 6.45) is 0. The number of aromatic nitrogens is 4. The molecule has 2 heterocycles. The van der Waals surface area contributed by atoms with Crippen molar-refractivity contribution in [2.45, 2.75) is 12.8 Å². The Morgan fingerprint density at radius 1 is 1.04 bits per heavy atom. The molecule has 0 radical (unpaired) electrons. The highest BCUT2D eigenvalue weighted by molar-refractivity contribution is 6.30. The zero-order valence-corrected chi connectivity index (χ0v) is 14.7. The average molecular weight is 366 g/mol. The fourth-order valence-electron chi connectivity index (χ4n) is 2.77. The van der Waals surface area contributed by atoms with Crippen molar-refractivity contribution in [3.63, 3.8) is 0 Å². The Kier molecular flexibility index (Phi) is 4.18. The van der Waals surface area contributed by atoms with Crippen LogP contribution in [-0.2, 0) is 0 Å². The van der Waals surface area contributed by atoms with Gasteiger partial charge < -0.3 is 10.4 Å². The van der Waals surface area contributed by atoms with E-state index in [9.17, 15) is 5.11 Å². The van der Waals surface area contributed by atoms with Crippen LogP contribution in [0.4, 0.5) is 11.5 Å². The summed E-state index contributed by atoms with van der Waals surface area (Å²) in [4.78, 5) is 0. The summed E-state index contributed by atoms with van der Waals surface area (Å²) in [5.41, 5.74) is 2.54. The van der Waals surface area contributed by atoms with Crippen molar-refractivity contribution < 1.29 is 5.11 Å². The number of halogens is 1. The third-order valence-electron chi connectivity index (χ3n) is 4.16. The van der Waals surface area contributed by atoms with Gasteiger partial charge in [0.2, 0.25) is 0 Å². The molecule has 2 aromatic heterocycles. The Bertz CT molecular complexity index is 1060. The maximum Gasteiger partial charge on any atom is 0.178 e. The number of hydrogen-bond acceptors (Lipinski definition) is 5. The maximum atomic E-state index is 9.47. The number of phenols is 1. The maximum absolute atomic E-state index is 9.47. The average Bonchev–Trinajstić information content (AvgIpc) is 3.05. The second kappa shape index (κ2) is 6.65. The number of anilines is 2. The molecular formula is C19H16ClN5O. The Balaban J connectivity index is 1.69. The minimum atomic E-state index is -0.0282. The highest BCUT2D eigenvalue weighted by Gasteiger charge is 2.17. The van der Waals surface area contributed by atoms with Gasteiger partial charge in [0.05, 0.1) is 0 Å². The molecule has 0 aliphatic rings. The summed E-state index contributed by atoms with van der Waals surface area (Å²) >= 11 is 6.03. The van der Waals surface area contributed by atoms with E-state index in [1.165, 1.54) is 0 Å². The topological polar surface area (TPSA) is 75.3 Å². The lowest BCUT2D eigenvalue weighted by Crippen LogP contribution is -2.06. The molecule has 2 aromatic carbocycles. The van der Waals surface area contributed by atoms with Crippen LogP contribution in [0.2, 0.25) is 5.02 Å². The molecule has 0 saturated heterocycles. The van der Waals surface area contributed by atoms with E-state index in [1.54, 1.807) is 16.6 Å². The monoisotopic (exact) mass is 365 g/mol. The van der Waals surface area contributed by atoms with E-state index in [-0.39, 0.29) is 11.7 Å². The molecule has 0 amide bonds. The second-order valence-corrected chi connectivity index (χ2v) is 6.43. The number of phenolic OH excluding ortho intramolecular Hbond substituents is 1. The van der Waals surface area contributed by atoms with Crippen LogP contribution in [0.1, 0.15) is 24.2 Å². The highest BCUT2D eigenvalue weighted by atomic mass is 35.5. The normalized spacial score (nSPS) is 12.2. The van der Waals surface area contributed by atoms with Crippen molar-refractivity contribution in [3.05, 3.63) is 77.1 Å². The van der Waals surface area contributed by atoms with Crippen LogP contribution in [0.15, 0.2) is 60.7 Å². The van der Waals surface area contributed by atoms with Crippen LogP contribution in [-0.4, -0.2) is 24.9 Å². The molecule has 0 bridgehead atoms. The number of fused-ring (bicyclic) bond motifs is 1. The fourth-order valence-corrected chi connectivity index (χ4v) is 2.96. The van der Waals surface area contributed by atoms with Gasteiger partial charge in [0, 0.05) is 16.6 Å². The van der Waals surface area contributed by atoms with Crippen LogP contribution >= 0.6 is 11.6 Å². The molecule has 0 spiro atoms. The summed E-state index contributed by atoms with van der Waals surface area (Å²) in [7, 11) is 0. The second-order valence-electron chi connectivity index (χ2n) is 6.00. The van der Waals surface area contributed by atoms with Crippen molar-refractivity contribution >= 4 is 28.8 Å². The predicted octanol–water partition coefficient (Wildman–Crippen LogP) is 4.38. The summed E-state index contributed by atoms with van der Waals surface area (Å²) in [6, 6.07) is 18.2. The van der Waals surface area contributed by atoms with Gasteiger partial charge in [0.15, 0.2) is 17.3 Å². The van der Waals surface area contributed by atoms with E-state index in [4.69, 9.17) is 11.6 Å². The molecule has 6 nitrogen and oxygen atoms in total. The van der Waals surface area contributed by atoms with Crippen molar-refractivity contribution in [2.24, 2.45) is 0 Å². The van der Waals surface area contributed by atoms with E-state index in [2.05, 4.69) is 20.6 Å². The van der Waals surface area contributed by atoms with Crippen molar-refractivity contribution in [3.8, 4) is 5.75 Å². The zero-order valence-electron chi connectivity index (χ0n) is 14.0. The van der Waals surface area contributed by atoms with Crippen LogP contribution < -0.4 is 5.32 Å². The highest BCUT2D eigenvalue weighted by Crippen LogP contribution is 2.25. The lowest BCUT2D eigenvalue weighted by Gasteiger charge is -2.11. The minimum absolute atomic E-state index is 0.0282. The van der Waals surface area contributed by atoms with Crippen LogP contribution in [0, 0.1) is 0 Å². The molecular weight excluding hydrogens is 350 g/mol. The third-order valence-corrected chi connectivity index (χ3v) is 4.40. The lowest BCUT2D eigenvalue weighted by atomic mass is 10.0. The number of rotatable bonds is 4. The first kappa shape index (κ1) is 16.4. The molecule has 1 unspecified atom stereocenters. The van der Waals surface area contributed by atoms with Crippen LogP contribution in [0.25, 0.3) is 5.65 Å². The van der Waals surface area contributed by atoms with E-state index in [1.807, 2.05) is 55.5 Å². The molecule has 26 heavy (non-hydrogen) atoms. The largest absolute Gasteiger partial charge is 0.508 e. The van der Waals surface area contributed by atoms with Crippen molar-refractivity contribution in [1.29, 1.82) is 0 Å². The quantitative estimate of drug-likeness (QED) is 0.561. The molecule has 4 aromatic rings. The van der Waals surface area contributed by atoms with Crippen molar-refractivity contribution in [2.75, 3.05) is 5.32 Å². The summed E-state index contributed by atoms with van der Waals surface area (Å²) < 4.78 is 1.73. The van der Waals surface area contributed by atoms with E-state index >= 15 is 0 Å². The van der Waals surface area contributed by atoms with Gasteiger partial charge in [0.1, 0.15) is 5.75 Å². The minimum Gasteiger partial charge on any atom is -0.508 e. The lowest BCUT2D eigenvalue weighted by molar-refractivity contribution is 0.475. The number of aromatic hydroxyl groups is 1. The van der Waals surface area contributed by atoms with Gasteiger partial charge in [-0.3, -0.25) is 0 Å². The first-order valence-electron chi connectivity index (χ1n) is 8.14. The van der Waals surface area contributed by atoms with Crippen LogP contribution in [0.3, 0.4) is 0 Å². The smallest absolute Gasteiger partial charge is 0.178 e. The zero-order chi connectivity index (χ0) is 18.1. The SMILES string of the molecule is CC(c1ccc(O)cc1)c1nnc2ccc(Nc3cccc(Cl)c3)nn12. The molecule has 0 fully saturated rings. The Morgan fingerprint density at radius 2 is 1.85 bits per heavy atom. The molecule has 130 valence electrons. The molecule has 4 rings (SSSR count). The molecule has 2 N–H and O–H groups in total. The molecule has 7 heteroatoms. The number of nitrogens with zero attached hydrogens (tertiary/aromatic N) is 4. The summed E-state index contributed by atoms with van der Waals surface area (Å²) in [5.74, 6) is 1.59. The summed E-state index contributed by atoms with van der Waals surface area (Å²) in [5, 5.41) is 26.5. The van der Waals surface area contributed by atoms with E-state index in [0.29, 0.717) is 16.5 Å². The Hall–Kier alpha value is -3.12. The molecule has 0 aliphatic carbocycles. The molecule has 0 saturated carbocycles. The predicted molar refractivity (Wildman–Crippen MR) is 101 cm³/mol. The van der Waals surface area contributed by atoms with E-state index < -0.39 is 0 Å². The summed E-state index contributed by atoms with van der Waals surface area (Å²) in [6.45, 7) is 2.03. The van der Waals surface area contributed by atoms with Gasteiger partial charge in [-0.1, -0.05) is 36.7 Å². The molecule has 1 atom stereocenters. The van der Waals surface area contributed by atoms with Gasteiger partial charge >= 0.3 is 0 Å². The Morgan fingerprint density at radius 3 is 2.62 bits per heavy atom. The number of nitrogens with one attached hydrogen (secondary N) is 1. The van der Waals surface area contributed by atoms with E-state index in [0.717, 1.165) is 17.1 Å². The third kappa shape index (κ3) is 3.19.